The Morgan fingerprint density at radius 3 is 2.63 bits per heavy atom. The minimum Gasteiger partial charge on any atom is -0.480 e. The van der Waals surface area contributed by atoms with Gasteiger partial charge in [-0.25, -0.2) is 9.59 Å². The quantitative estimate of drug-likeness (QED) is 0.563. The van der Waals surface area contributed by atoms with Gasteiger partial charge in [0.05, 0.1) is 0 Å². The van der Waals surface area contributed by atoms with Crippen molar-refractivity contribution in [2.24, 2.45) is 5.92 Å². The molecule has 6 nitrogen and oxygen atoms in total. The van der Waals surface area contributed by atoms with Crippen LogP contribution in [0, 0.1) is 5.92 Å². The van der Waals surface area contributed by atoms with Crippen molar-refractivity contribution in [1.29, 1.82) is 0 Å². The van der Waals surface area contributed by atoms with E-state index in [0.717, 1.165) is 25.7 Å². The number of carboxylic acids is 1. The summed E-state index contributed by atoms with van der Waals surface area (Å²) >= 11 is 0. The summed E-state index contributed by atoms with van der Waals surface area (Å²) < 4.78 is 0. The molecule has 2 unspecified atom stereocenters. The van der Waals surface area contributed by atoms with Gasteiger partial charge in [0.25, 0.3) is 0 Å². The van der Waals surface area contributed by atoms with Gasteiger partial charge in [0.1, 0.15) is 6.04 Å². The second-order valence-electron chi connectivity index (χ2n) is 5.33. The first kappa shape index (κ1) is 15.8. The number of urea groups is 1. The number of carboxylic acid groups (broad SMARTS) is 1. The highest BCUT2D eigenvalue weighted by molar-refractivity contribution is 5.82. The van der Waals surface area contributed by atoms with Crippen LogP contribution < -0.4 is 10.6 Å². The van der Waals surface area contributed by atoms with Crippen molar-refractivity contribution in [1.82, 2.24) is 10.6 Å². The fourth-order valence-electron chi connectivity index (χ4n) is 2.40. The summed E-state index contributed by atoms with van der Waals surface area (Å²) in [5.74, 6) is -0.435. The Hall–Kier alpha value is -1.30. The fraction of sp³-hybridized carbons (Fsp3) is 0.846. The molecule has 0 aromatic rings. The molecule has 1 aliphatic rings. The number of carbonyl (C=O) groups is 2. The molecule has 1 rings (SSSR count). The molecule has 0 heterocycles. The third-order valence-corrected chi connectivity index (χ3v) is 3.61. The van der Waals surface area contributed by atoms with Gasteiger partial charge in [0.2, 0.25) is 0 Å². The van der Waals surface area contributed by atoms with Gasteiger partial charge in [-0.1, -0.05) is 19.8 Å². The molecule has 0 saturated heterocycles. The summed E-state index contributed by atoms with van der Waals surface area (Å²) in [5, 5.41) is 22.9. The molecule has 1 fully saturated rings. The smallest absolute Gasteiger partial charge is 0.326 e. The Morgan fingerprint density at radius 2 is 2.00 bits per heavy atom. The van der Waals surface area contributed by atoms with Gasteiger partial charge in [-0.05, 0) is 25.2 Å². The van der Waals surface area contributed by atoms with Gasteiger partial charge in [0, 0.05) is 19.1 Å². The number of amides is 2. The molecule has 110 valence electrons. The van der Waals surface area contributed by atoms with Crippen LogP contribution >= 0.6 is 0 Å². The number of nitrogens with one attached hydrogen (secondary N) is 2. The van der Waals surface area contributed by atoms with Crippen LogP contribution in [-0.2, 0) is 4.79 Å². The number of aliphatic hydroxyl groups is 1. The Bertz CT molecular complexity index is 309. The van der Waals surface area contributed by atoms with Crippen molar-refractivity contribution < 1.29 is 19.8 Å². The van der Waals surface area contributed by atoms with Crippen molar-refractivity contribution in [2.75, 3.05) is 6.61 Å². The van der Waals surface area contributed by atoms with Crippen molar-refractivity contribution in [3.63, 3.8) is 0 Å². The molecule has 0 radical (unpaired) electrons. The standard InChI is InChI=1S/C13H24N2O4/c1-9-3-2-4-10(6-5-9)14-13(19)15-11(7-8-16)12(17)18/h9-11,16H,2-8H2,1H3,(H,17,18)(H2,14,15,19)/t9?,10?,11-/m0/s1. The second kappa shape index (κ2) is 7.99. The van der Waals surface area contributed by atoms with E-state index >= 15 is 0 Å². The van der Waals surface area contributed by atoms with Crippen molar-refractivity contribution >= 4 is 12.0 Å². The van der Waals surface area contributed by atoms with E-state index in [2.05, 4.69) is 17.6 Å². The van der Waals surface area contributed by atoms with Gasteiger partial charge < -0.3 is 20.8 Å². The number of carbonyl (C=O) groups excluding carboxylic acids is 1. The first-order valence-corrected chi connectivity index (χ1v) is 6.93. The van der Waals surface area contributed by atoms with Gasteiger partial charge in [-0.15, -0.1) is 0 Å². The minimum atomic E-state index is -1.13. The highest BCUT2D eigenvalue weighted by atomic mass is 16.4. The summed E-state index contributed by atoms with van der Waals surface area (Å²) in [5.41, 5.74) is 0. The van der Waals surface area contributed by atoms with Crippen molar-refractivity contribution in [2.45, 2.75) is 57.5 Å². The summed E-state index contributed by atoms with van der Waals surface area (Å²) in [6, 6.07) is -1.37. The topological polar surface area (TPSA) is 98.7 Å². The number of aliphatic hydroxyl groups excluding tert-OH is 1. The average Bonchev–Trinajstić information content (AvgIpc) is 2.54. The van der Waals surface area contributed by atoms with E-state index in [1.165, 1.54) is 6.42 Å². The van der Waals surface area contributed by atoms with Crippen molar-refractivity contribution in [3.05, 3.63) is 0 Å². The van der Waals surface area contributed by atoms with Crippen LogP contribution in [0.2, 0.25) is 0 Å². The van der Waals surface area contributed by atoms with Crippen LogP contribution in [0.4, 0.5) is 4.79 Å². The molecule has 19 heavy (non-hydrogen) atoms. The van der Waals surface area contributed by atoms with Crippen molar-refractivity contribution in [3.8, 4) is 0 Å². The maximum atomic E-state index is 11.7. The summed E-state index contributed by atoms with van der Waals surface area (Å²) in [4.78, 5) is 22.6. The molecule has 0 aromatic carbocycles. The van der Waals surface area contributed by atoms with E-state index in [1.807, 2.05) is 0 Å². The summed E-state index contributed by atoms with van der Waals surface area (Å²) in [6.07, 6.45) is 5.25. The Morgan fingerprint density at radius 1 is 1.26 bits per heavy atom. The van der Waals surface area contributed by atoms with E-state index in [1.54, 1.807) is 0 Å². The van der Waals surface area contributed by atoms with E-state index in [0.29, 0.717) is 5.92 Å². The lowest BCUT2D eigenvalue weighted by atomic mass is 10.0. The maximum Gasteiger partial charge on any atom is 0.326 e. The number of hydrogen-bond acceptors (Lipinski definition) is 3. The van der Waals surface area contributed by atoms with Gasteiger partial charge in [-0.3, -0.25) is 0 Å². The molecule has 6 heteroatoms. The third kappa shape index (κ3) is 5.92. The molecular weight excluding hydrogens is 248 g/mol. The Kier molecular flexibility index (Phi) is 6.62. The average molecular weight is 272 g/mol. The third-order valence-electron chi connectivity index (χ3n) is 3.61. The van der Waals surface area contributed by atoms with Crippen LogP contribution in [0.25, 0.3) is 0 Å². The number of aliphatic carboxylic acids is 1. The number of rotatable bonds is 5. The van der Waals surface area contributed by atoms with E-state index in [9.17, 15) is 9.59 Å². The van der Waals surface area contributed by atoms with Crippen LogP contribution in [0.1, 0.15) is 45.4 Å². The second-order valence-corrected chi connectivity index (χ2v) is 5.33. The molecular formula is C13H24N2O4. The Balaban J connectivity index is 2.38. The van der Waals surface area contributed by atoms with Crippen LogP contribution in [0.5, 0.6) is 0 Å². The molecule has 4 N–H and O–H groups in total. The Labute approximate surface area is 113 Å². The van der Waals surface area contributed by atoms with Crippen LogP contribution in [0.15, 0.2) is 0 Å². The first-order chi connectivity index (χ1) is 9.02. The maximum absolute atomic E-state index is 11.7. The molecule has 0 spiro atoms. The summed E-state index contributed by atoms with van der Waals surface area (Å²) in [6.45, 7) is 1.95. The zero-order valence-electron chi connectivity index (χ0n) is 11.4. The number of hydrogen-bond donors (Lipinski definition) is 4. The minimum absolute atomic E-state index is 0.0183. The zero-order valence-corrected chi connectivity index (χ0v) is 11.4. The molecule has 1 aliphatic carbocycles. The lowest BCUT2D eigenvalue weighted by molar-refractivity contribution is -0.139. The highest BCUT2D eigenvalue weighted by Gasteiger charge is 2.22. The largest absolute Gasteiger partial charge is 0.480 e. The predicted molar refractivity (Wildman–Crippen MR) is 70.8 cm³/mol. The molecule has 1 saturated carbocycles. The molecule has 2 amide bonds. The molecule has 0 aliphatic heterocycles. The van der Waals surface area contributed by atoms with E-state index in [-0.39, 0.29) is 19.1 Å². The van der Waals surface area contributed by atoms with E-state index < -0.39 is 18.0 Å². The predicted octanol–water partition coefficient (Wildman–Crippen LogP) is 1.09. The van der Waals surface area contributed by atoms with Gasteiger partial charge in [-0.2, -0.15) is 0 Å². The zero-order chi connectivity index (χ0) is 14.3. The normalized spacial score (nSPS) is 25.2. The highest BCUT2D eigenvalue weighted by Crippen LogP contribution is 2.22. The molecule has 3 atom stereocenters. The monoisotopic (exact) mass is 272 g/mol. The molecule has 0 bridgehead atoms. The fourth-order valence-corrected chi connectivity index (χ4v) is 2.40. The van der Waals surface area contributed by atoms with Crippen LogP contribution in [-0.4, -0.2) is 40.9 Å². The summed E-state index contributed by atoms with van der Waals surface area (Å²) in [7, 11) is 0. The van der Waals surface area contributed by atoms with E-state index in [4.69, 9.17) is 10.2 Å². The molecule has 0 aromatic heterocycles. The SMILES string of the molecule is CC1CCCC(NC(=O)N[C@@H](CCO)C(=O)O)CC1. The lowest BCUT2D eigenvalue weighted by Crippen LogP contribution is -2.49. The van der Waals surface area contributed by atoms with Gasteiger partial charge in [0.15, 0.2) is 0 Å². The van der Waals surface area contributed by atoms with Gasteiger partial charge >= 0.3 is 12.0 Å². The van der Waals surface area contributed by atoms with Crippen LogP contribution in [0.3, 0.4) is 0 Å². The first-order valence-electron chi connectivity index (χ1n) is 6.93. The lowest BCUT2D eigenvalue weighted by Gasteiger charge is -2.19.